The Hall–Kier alpha value is -2.76. The van der Waals surface area contributed by atoms with Crippen molar-refractivity contribution in [2.75, 3.05) is 25.3 Å². The molecule has 0 aliphatic heterocycles. The van der Waals surface area contributed by atoms with Gasteiger partial charge in [-0.2, -0.15) is 0 Å². The Morgan fingerprint density at radius 3 is 2.60 bits per heavy atom. The molecular formula is C14H15N3O3. The van der Waals surface area contributed by atoms with E-state index in [1.165, 1.54) is 13.3 Å². The summed E-state index contributed by atoms with van der Waals surface area (Å²) in [6.45, 7) is 0. The molecule has 0 radical (unpaired) electrons. The third-order valence-electron chi connectivity index (χ3n) is 2.71. The fraction of sp³-hybridized carbons (Fsp3) is 0.143. The highest BCUT2D eigenvalue weighted by Gasteiger charge is 2.11. The van der Waals surface area contributed by atoms with E-state index in [9.17, 15) is 4.79 Å². The first kappa shape index (κ1) is 13.7. The average molecular weight is 273 g/mol. The van der Waals surface area contributed by atoms with E-state index in [-0.39, 0.29) is 5.91 Å². The Kier molecular flexibility index (Phi) is 4.05. The van der Waals surface area contributed by atoms with E-state index in [2.05, 4.69) is 10.3 Å². The summed E-state index contributed by atoms with van der Waals surface area (Å²) < 4.78 is 10.3. The molecule has 0 bridgehead atoms. The van der Waals surface area contributed by atoms with E-state index in [1.807, 2.05) is 0 Å². The Labute approximate surface area is 116 Å². The van der Waals surface area contributed by atoms with Crippen LogP contribution in [-0.2, 0) is 0 Å². The number of aromatic nitrogens is 1. The van der Waals surface area contributed by atoms with Gasteiger partial charge in [0.25, 0.3) is 5.91 Å². The predicted molar refractivity (Wildman–Crippen MR) is 76.1 cm³/mol. The number of anilines is 2. The number of benzene rings is 1. The number of ether oxygens (including phenoxy) is 2. The number of nitrogen functional groups attached to an aromatic ring is 1. The molecule has 1 amide bonds. The first-order valence-corrected chi connectivity index (χ1v) is 5.89. The molecule has 0 unspecified atom stereocenters. The summed E-state index contributed by atoms with van der Waals surface area (Å²) in [5.41, 5.74) is 6.45. The zero-order valence-electron chi connectivity index (χ0n) is 11.2. The predicted octanol–water partition coefficient (Wildman–Crippen LogP) is 1.93. The van der Waals surface area contributed by atoms with Crippen LogP contribution in [0.5, 0.6) is 11.5 Å². The lowest BCUT2D eigenvalue weighted by Gasteiger charge is -2.11. The van der Waals surface area contributed by atoms with Gasteiger partial charge in [-0.05, 0) is 24.3 Å². The molecule has 6 nitrogen and oxygen atoms in total. The van der Waals surface area contributed by atoms with Gasteiger partial charge < -0.3 is 20.5 Å². The van der Waals surface area contributed by atoms with Crippen LogP contribution < -0.4 is 20.5 Å². The maximum atomic E-state index is 12.1. The fourth-order valence-electron chi connectivity index (χ4n) is 1.64. The summed E-state index contributed by atoms with van der Waals surface area (Å²) in [6, 6.07) is 8.31. The Bertz CT molecular complexity index is 612. The first-order chi connectivity index (χ1) is 9.63. The number of carbonyl (C=O) groups is 1. The smallest absolute Gasteiger partial charge is 0.257 e. The summed E-state index contributed by atoms with van der Waals surface area (Å²) in [5.74, 6) is 1.24. The minimum atomic E-state index is -0.291. The molecule has 20 heavy (non-hydrogen) atoms. The maximum absolute atomic E-state index is 12.1. The van der Waals surface area contributed by atoms with Crippen molar-refractivity contribution in [2.45, 2.75) is 0 Å². The first-order valence-electron chi connectivity index (χ1n) is 5.89. The molecule has 0 saturated heterocycles. The van der Waals surface area contributed by atoms with Gasteiger partial charge in [0, 0.05) is 12.3 Å². The van der Waals surface area contributed by atoms with Crippen LogP contribution >= 0.6 is 0 Å². The molecule has 6 heteroatoms. The summed E-state index contributed by atoms with van der Waals surface area (Å²) >= 11 is 0. The van der Waals surface area contributed by atoms with E-state index in [0.29, 0.717) is 28.6 Å². The molecule has 0 spiro atoms. The van der Waals surface area contributed by atoms with E-state index in [1.54, 1.807) is 37.4 Å². The number of hydrogen-bond acceptors (Lipinski definition) is 5. The van der Waals surface area contributed by atoms with E-state index < -0.39 is 0 Å². The van der Waals surface area contributed by atoms with Crippen molar-refractivity contribution < 1.29 is 14.3 Å². The topological polar surface area (TPSA) is 86.5 Å². The Morgan fingerprint density at radius 2 is 2.00 bits per heavy atom. The number of rotatable bonds is 4. The molecule has 1 aromatic carbocycles. The van der Waals surface area contributed by atoms with Gasteiger partial charge in [-0.3, -0.25) is 4.79 Å². The highest BCUT2D eigenvalue weighted by atomic mass is 16.5. The van der Waals surface area contributed by atoms with Crippen LogP contribution in [0.15, 0.2) is 36.5 Å². The van der Waals surface area contributed by atoms with Gasteiger partial charge in [-0.25, -0.2) is 4.98 Å². The normalized spacial score (nSPS) is 9.90. The highest BCUT2D eigenvalue weighted by Crippen LogP contribution is 2.29. The molecule has 2 rings (SSSR count). The van der Waals surface area contributed by atoms with Crippen molar-refractivity contribution in [2.24, 2.45) is 0 Å². The molecule has 0 saturated carbocycles. The van der Waals surface area contributed by atoms with Gasteiger partial charge in [-0.15, -0.1) is 0 Å². The molecule has 2 aromatic rings. The van der Waals surface area contributed by atoms with Crippen molar-refractivity contribution in [3.63, 3.8) is 0 Å². The molecule has 0 fully saturated rings. The molecule has 1 heterocycles. The number of amides is 1. The molecule has 0 atom stereocenters. The fourth-order valence-corrected chi connectivity index (χ4v) is 1.64. The third-order valence-corrected chi connectivity index (χ3v) is 2.71. The second-order valence-electron chi connectivity index (χ2n) is 3.99. The van der Waals surface area contributed by atoms with Gasteiger partial charge in [-0.1, -0.05) is 0 Å². The molecule has 0 aliphatic carbocycles. The average Bonchev–Trinajstić information content (AvgIpc) is 2.48. The van der Waals surface area contributed by atoms with Crippen LogP contribution in [0.2, 0.25) is 0 Å². The molecule has 1 aromatic heterocycles. The van der Waals surface area contributed by atoms with E-state index >= 15 is 0 Å². The van der Waals surface area contributed by atoms with Crippen molar-refractivity contribution >= 4 is 17.4 Å². The van der Waals surface area contributed by atoms with Crippen molar-refractivity contribution in [1.29, 1.82) is 0 Å². The Balaban J connectivity index is 2.21. The monoisotopic (exact) mass is 273 g/mol. The second kappa shape index (κ2) is 5.92. The maximum Gasteiger partial charge on any atom is 0.257 e. The van der Waals surface area contributed by atoms with Crippen LogP contribution in [0.1, 0.15) is 10.4 Å². The van der Waals surface area contributed by atoms with Gasteiger partial charge in [0.05, 0.1) is 25.5 Å². The van der Waals surface area contributed by atoms with Crippen LogP contribution in [-0.4, -0.2) is 25.1 Å². The number of nitrogens with two attached hydrogens (primary N) is 1. The summed E-state index contributed by atoms with van der Waals surface area (Å²) in [5, 5.41) is 2.75. The third kappa shape index (κ3) is 2.97. The summed E-state index contributed by atoms with van der Waals surface area (Å²) in [6.07, 6.45) is 1.42. The molecule has 3 N–H and O–H groups in total. The lowest BCUT2D eigenvalue weighted by Crippen LogP contribution is -2.13. The minimum Gasteiger partial charge on any atom is -0.497 e. The van der Waals surface area contributed by atoms with Gasteiger partial charge >= 0.3 is 0 Å². The van der Waals surface area contributed by atoms with Gasteiger partial charge in [0.2, 0.25) is 0 Å². The second-order valence-corrected chi connectivity index (χ2v) is 3.99. The zero-order valence-corrected chi connectivity index (χ0v) is 11.2. The lowest BCUT2D eigenvalue weighted by atomic mass is 10.2. The zero-order chi connectivity index (χ0) is 14.5. The number of nitrogens with one attached hydrogen (secondary N) is 1. The van der Waals surface area contributed by atoms with Crippen LogP contribution in [0.4, 0.5) is 11.5 Å². The quantitative estimate of drug-likeness (QED) is 0.889. The molecule has 104 valence electrons. The molecule has 0 aliphatic rings. The number of pyridine rings is 1. The SMILES string of the molecule is COc1ccc(NC(=O)c2ccc(N)nc2)c(OC)c1. The minimum absolute atomic E-state index is 0.291. The van der Waals surface area contributed by atoms with Crippen molar-refractivity contribution in [3.8, 4) is 11.5 Å². The van der Waals surface area contributed by atoms with Gasteiger partial charge in [0.15, 0.2) is 0 Å². The van der Waals surface area contributed by atoms with Crippen molar-refractivity contribution in [3.05, 3.63) is 42.1 Å². The van der Waals surface area contributed by atoms with E-state index in [4.69, 9.17) is 15.2 Å². The summed E-state index contributed by atoms with van der Waals surface area (Å²) in [4.78, 5) is 15.9. The number of carbonyl (C=O) groups excluding carboxylic acids is 1. The van der Waals surface area contributed by atoms with Crippen LogP contribution in [0, 0.1) is 0 Å². The highest BCUT2D eigenvalue weighted by molar-refractivity contribution is 6.04. The van der Waals surface area contributed by atoms with Crippen LogP contribution in [0.3, 0.4) is 0 Å². The van der Waals surface area contributed by atoms with Crippen LogP contribution in [0.25, 0.3) is 0 Å². The number of hydrogen-bond donors (Lipinski definition) is 2. The van der Waals surface area contributed by atoms with E-state index in [0.717, 1.165) is 0 Å². The number of methoxy groups -OCH3 is 2. The largest absolute Gasteiger partial charge is 0.497 e. The van der Waals surface area contributed by atoms with Crippen molar-refractivity contribution in [1.82, 2.24) is 4.98 Å². The summed E-state index contributed by atoms with van der Waals surface area (Å²) in [7, 11) is 3.09. The standard InChI is InChI=1S/C14H15N3O3/c1-19-10-4-5-11(12(7-10)20-2)17-14(18)9-3-6-13(15)16-8-9/h3-8H,1-2H3,(H2,15,16)(H,17,18). The molecular weight excluding hydrogens is 258 g/mol. The van der Waals surface area contributed by atoms with Gasteiger partial charge in [0.1, 0.15) is 17.3 Å². The number of nitrogens with zero attached hydrogens (tertiary/aromatic N) is 1. The Morgan fingerprint density at radius 1 is 1.20 bits per heavy atom. The lowest BCUT2D eigenvalue weighted by molar-refractivity contribution is 0.102.